The Morgan fingerprint density at radius 2 is 1.77 bits per heavy atom. The number of carbonyl (C=O) groups is 2. The standard InChI is InChI=1S/C9H9NO3/c1-10-8(11)6-4-2-3-5-7(6)9(12)13/h2-5H,1H3,(H,10,11)(H,12,13)/p-1. The highest BCUT2D eigenvalue weighted by Crippen LogP contribution is 2.06. The first-order valence-electron chi connectivity index (χ1n) is 3.69. The first kappa shape index (κ1) is 9.25. The van der Waals surface area contributed by atoms with Crippen LogP contribution in [-0.4, -0.2) is 18.9 Å². The van der Waals surface area contributed by atoms with E-state index >= 15 is 0 Å². The van der Waals surface area contributed by atoms with E-state index in [0.29, 0.717) is 0 Å². The van der Waals surface area contributed by atoms with Crippen LogP contribution in [0.15, 0.2) is 24.3 Å². The monoisotopic (exact) mass is 178 g/mol. The Kier molecular flexibility index (Phi) is 2.64. The lowest BCUT2D eigenvalue weighted by molar-refractivity contribution is -0.255. The van der Waals surface area contributed by atoms with E-state index in [-0.39, 0.29) is 11.1 Å². The minimum Gasteiger partial charge on any atom is -0.545 e. The lowest BCUT2D eigenvalue weighted by Crippen LogP contribution is -2.27. The van der Waals surface area contributed by atoms with Gasteiger partial charge in [-0.15, -0.1) is 0 Å². The van der Waals surface area contributed by atoms with Crippen LogP contribution in [0.4, 0.5) is 0 Å². The van der Waals surface area contributed by atoms with Crippen molar-refractivity contribution in [1.82, 2.24) is 5.32 Å². The average molecular weight is 178 g/mol. The van der Waals surface area contributed by atoms with Crippen LogP contribution in [0.1, 0.15) is 20.7 Å². The number of carboxylic acids is 1. The molecule has 1 amide bonds. The summed E-state index contributed by atoms with van der Waals surface area (Å²) in [5, 5.41) is 12.9. The van der Waals surface area contributed by atoms with Gasteiger partial charge in [-0.2, -0.15) is 0 Å². The van der Waals surface area contributed by atoms with Gasteiger partial charge in [0.15, 0.2) is 0 Å². The molecule has 1 aromatic rings. The average Bonchev–Trinajstić information content (AvgIpc) is 2.16. The van der Waals surface area contributed by atoms with Crippen LogP contribution in [0.25, 0.3) is 0 Å². The molecule has 0 unspecified atom stereocenters. The highest BCUT2D eigenvalue weighted by Gasteiger charge is 2.08. The van der Waals surface area contributed by atoms with Gasteiger partial charge in [0.25, 0.3) is 5.91 Å². The molecule has 0 fully saturated rings. The predicted octanol–water partition coefficient (Wildman–Crippen LogP) is -0.590. The number of aromatic carboxylic acids is 1. The number of benzene rings is 1. The molecule has 0 saturated heterocycles. The maximum absolute atomic E-state index is 11.1. The number of hydrogen-bond acceptors (Lipinski definition) is 3. The molecular formula is C9H8NO3-. The summed E-state index contributed by atoms with van der Waals surface area (Å²) in [6.45, 7) is 0. The molecule has 0 aliphatic heterocycles. The van der Waals surface area contributed by atoms with Crippen molar-refractivity contribution >= 4 is 11.9 Å². The largest absolute Gasteiger partial charge is 0.545 e. The molecule has 0 bridgehead atoms. The Hall–Kier alpha value is -1.84. The summed E-state index contributed by atoms with van der Waals surface area (Å²) in [6, 6.07) is 5.90. The minimum absolute atomic E-state index is 0.0955. The highest BCUT2D eigenvalue weighted by atomic mass is 16.4. The van der Waals surface area contributed by atoms with E-state index in [9.17, 15) is 14.7 Å². The minimum atomic E-state index is -1.35. The Balaban J connectivity index is 3.19. The Morgan fingerprint density at radius 1 is 1.23 bits per heavy atom. The van der Waals surface area contributed by atoms with Crippen molar-refractivity contribution in [3.05, 3.63) is 35.4 Å². The SMILES string of the molecule is CNC(=O)c1ccccc1C(=O)[O-]. The van der Waals surface area contributed by atoms with E-state index in [0.717, 1.165) is 0 Å². The Morgan fingerprint density at radius 3 is 2.23 bits per heavy atom. The van der Waals surface area contributed by atoms with Crippen LogP contribution in [-0.2, 0) is 0 Å². The Bertz CT molecular complexity index is 346. The smallest absolute Gasteiger partial charge is 0.251 e. The van der Waals surface area contributed by atoms with Crippen LogP contribution in [0.5, 0.6) is 0 Å². The number of rotatable bonds is 2. The van der Waals surface area contributed by atoms with Crippen LogP contribution in [0.3, 0.4) is 0 Å². The molecule has 13 heavy (non-hydrogen) atoms. The number of carboxylic acid groups (broad SMARTS) is 1. The molecule has 1 rings (SSSR count). The van der Waals surface area contributed by atoms with Crippen molar-refractivity contribution in [1.29, 1.82) is 0 Å². The van der Waals surface area contributed by atoms with Gasteiger partial charge in [-0.25, -0.2) is 0 Å². The fraction of sp³-hybridized carbons (Fsp3) is 0.111. The summed E-state index contributed by atoms with van der Waals surface area (Å²) in [6.07, 6.45) is 0. The molecule has 1 N–H and O–H groups in total. The third-order valence-electron chi connectivity index (χ3n) is 1.62. The van der Waals surface area contributed by atoms with Crippen LogP contribution < -0.4 is 10.4 Å². The second kappa shape index (κ2) is 3.71. The maximum Gasteiger partial charge on any atom is 0.251 e. The Labute approximate surface area is 75.2 Å². The van der Waals surface area contributed by atoms with Crippen LogP contribution >= 0.6 is 0 Å². The van der Waals surface area contributed by atoms with Crippen molar-refractivity contribution in [2.75, 3.05) is 7.05 Å². The first-order valence-corrected chi connectivity index (χ1v) is 3.69. The zero-order valence-corrected chi connectivity index (χ0v) is 7.03. The molecule has 1 aromatic carbocycles. The summed E-state index contributed by atoms with van der Waals surface area (Å²) >= 11 is 0. The number of amides is 1. The third-order valence-corrected chi connectivity index (χ3v) is 1.62. The fourth-order valence-corrected chi connectivity index (χ4v) is 0.994. The quantitative estimate of drug-likeness (QED) is 0.658. The van der Waals surface area contributed by atoms with Crippen LogP contribution in [0.2, 0.25) is 0 Å². The summed E-state index contributed by atoms with van der Waals surface area (Å²) in [5.41, 5.74) is 0.0202. The maximum atomic E-state index is 11.1. The van der Waals surface area contributed by atoms with E-state index in [1.54, 1.807) is 6.07 Å². The van der Waals surface area contributed by atoms with Crippen molar-refractivity contribution < 1.29 is 14.7 Å². The summed E-state index contributed by atoms with van der Waals surface area (Å²) in [5.74, 6) is -1.78. The van der Waals surface area contributed by atoms with E-state index in [2.05, 4.69) is 5.32 Å². The van der Waals surface area contributed by atoms with Crippen molar-refractivity contribution in [2.24, 2.45) is 0 Å². The third kappa shape index (κ3) is 1.84. The lowest BCUT2D eigenvalue weighted by atomic mass is 10.1. The normalized spacial score (nSPS) is 9.31. The van der Waals surface area contributed by atoms with Gasteiger partial charge in [-0.05, 0) is 6.07 Å². The molecule has 0 radical (unpaired) electrons. The van der Waals surface area contributed by atoms with Crippen LogP contribution in [0, 0.1) is 0 Å². The van der Waals surface area contributed by atoms with Gasteiger partial charge in [0.1, 0.15) is 0 Å². The lowest BCUT2D eigenvalue weighted by Gasteiger charge is -2.07. The molecule has 0 aromatic heterocycles. The van der Waals surface area contributed by atoms with Crippen molar-refractivity contribution in [3.8, 4) is 0 Å². The fourth-order valence-electron chi connectivity index (χ4n) is 0.994. The second-order valence-electron chi connectivity index (χ2n) is 2.41. The molecule has 0 aliphatic rings. The van der Waals surface area contributed by atoms with Gasteiger partial charge < -0.3 is 15.2 Å². The van der Waals surface area contributed by atoms with Gasteiger partial charge in [-0.3, -0.25) is 4.79 Å². The zero-order valence-electron chi connectivity index (χ0n) is 7.03. The molecule has 4 heteroatoms. The molecule has 0 atom stereocenters. The van der Waals surface area contributed by atoms with Gasteiger partial charge in [0.05, 0.1) is 5.97 Å². The zero-order chi connectivity index (χ0) is 9.84. The molecule has 0 saturated carbocycles. The molecular weight excluding hydrogens is 170 g/mol. The van der Waals surface area contributed by atoms with E-state index in [1.807, 2.05) is 0 Å². The van der Waals surface area contributed by atoms with E-state index < -0.39 is 11.9 Å². The predicted molar refractivity (Wildman–Crippen MR) is 44.2 cm³/mol. The number of carbonyl (C=O) groups excluding carboxylic acids is 2. The van der Waals surface area contributed by atoms with Gasteiger partial charge in [0, 0.05) is 18.2 Å². The van der Waals surface area contributed by atoms with E-state index in [1.165, 1.54) is 25.2 Å². The van der Waals surface area contributed by atoms with Gasteiger partial charge in [-0.1, -0.05) is 18.2 Å². The number of hydrogen-bond donors (Lipinski definition) is 1. The first-order chi connectivity index (χ1) is 6.16. The van der Waals surface area contributed by atoms with E-state index in [4.69, 9.17) is 0 Å². The molecule has 68 valence electrons. The summed E-state index contributed by atoms with van der Waals surface area (Å²) in [4.78, 5) is 21.7. The van der Waals surface area contributed by atoms with Crippen molar-refractivity contribution in [3.63, 3.8) is 0 Å². The molecule has 0 spiro atoms. The summed E-state index contributed by atoms with van der Waals surface area (Å²) in [7, 11) is 1.44. The molecule has 0 heterocycles. The highest BCUT2D eigenvalue weighted by molar-refractivity contribution is 6.03. The number of nitrogens with one attached hydrogen (secondary N) is 1. The summed E-state index contributed by atoms with van der Waals surface area (Å²) < 4.78 is 0. The second-order valence-corrected chi connectivity index (χ2v) is 2.41. The van der Waals surface area contributed by atoms with Crippen molar-refractivity contribution in [2.45, 2.75) is 0 Å². The van der Waals surface area contributed by atoms with Gasteiger partial charge in [0.2, 0.25) is 0 Å². The molecule has 4 nitrogen and oxygen atoms in total. The molecule has 0 aliphatic carbocycles. The topological polar surface area (TPSA) is 69.2 Å². The van der Waals surface area contributed by atoms with Gasteiger partial charge >= 0.3 is 0 Å².